The molecule has 0 bridgehead atoms. The minimum absolute atomic E-state index is 0.0851. The predicted octanol–water partition coefficient (Wildman–Crippen LogP) is 1.84. The number of aryl methyl sites for hydroxylation is 1. The average Bonchev–Trinajstić information content (AvgIpc) is 2.66. The summed E-state index contributed by atoms with van der Waals surface area (Å²) in [5.41, 5.74) is 2.27. The minimum Gasteiger partial charge on any atom is -0.379 e. The number of benzene rings is 1. The molecule has 2 rings (SSSR count). The van der Waals surface area contributed by atoms with Gasteiger partial charge in [0.1, 0.15) is 6.54 Å². The number of guanidine groups is 1. The molecular weight excluding hydrogens is 366 g/mol. The third-order valence-corrected chi connectivity index (χ3v) is 4.62. The van der Waals surface area contributed by atoms with Crippen molar-refractivity contribution >= 4 is 11.9 Å². The molecule has 1 atom stereocenters. The molecule has 1 fully saturated rings. The van der Waals surface area contributed by atoms with E-state index in [1.165, 1.54) is 11.1 Å². The zero-order chi connectivity index (χ0) is 21.3. The van der Waals surface area contributed by atoms with E-state index in [1.54, 1.807) is 0 Å². The molecule has 0 aliphatic carbocycles. The summed E-state index contributed by atoms with van der Waals surface area (Å²) in [6.07, 6.45) is 0. The van der Waals surface area contributed by atoms with Gasteiger partial charge in [-0.2, -0.15) is 0 Å². The molecule has 1 aliphatic heterocycles. The number of carbonyl (C=O) groups excluding carboxylic acids is 1. The number of nitrogens with zero attached hydrogens (tertiary/aromatic N) is 2. The van der Waals surface area contributed by atoms with E-state index in [2.05, 4.69) is 57.0 Å². The van der Waals surface area contributed by atoms with Crippen molar-refractivity contribution in [3.63, 3.8) is 0 Å². The van der Waals surface area contributed by atoms with Gasteiger partial charge in [-0.15, -0.1) is 0 Å². The van der Waals surface area contributed by atoms with Crippen LogP contribution in [-0.2, 0) is 9.53 Å². The Hall–Kier alpha value is -2.12. The van der Waals surface area contributed by atoms with E-state index in [9.17, 15) is 4.79 Å². The zero-order valence-electron chi connectivity index (χ0n) is 18.5. The summed E-state index contributed by atoms with van der Waals surface area (Å²) in [5, 5.41) is 9.61. The fraction of sp³-hybridized carbons (Fsp3) is 0.636. The van der Waals surface area contributed by atoms with Crippen LogP contribution in [0.1, 0.15) is 44.9 Å². The van der Waals surface area contributed by atoms with Gasteiger partial charge in [-0.3, -0.25) is 9.69 Å². The summed E-state index contributed by atoms with van der Waals surface area (Å²) in [7, 11) is 0. The maximum Gasteiger partial charge on any atom is 0.242 e. The van der Waals surface area contributed by atoms with Crippen LogP contribution in [0.5, 0.6) is 0 Å². The van der Waals surface area contributed by atoms with Crippen LogP contribution < -0.4 is 16.0 Å². The second-order valence-electron chi connectivity index (χ2n) is 8.45. The molecule has 0 aromatic heterocycles. The van der Waals surface area contributed by atoms with Crippen LogP contribution in [0.2, 0.25) is 0 Å². The maximum absolute atomic E-state index is 12.1. The van der Waals surface area contributed by atoms with Crippen LogP contribution in [0.3, 0.4) is 0 Å². The van der Waals surface area contributed by atoms with Crippen molar-refractivity contribution in [3.05, 3.63) is 35.4 Å². The number of nitrogens with one attached hydrogen (secondary N) is 3. The number of hydrogen-bond donors (Lipinski definition) is 3. The molecule has 1 aliphatic rings. The second kappa shape index (κ2) is 11.2. The predicted molar refractivity (Wildman–Crippen MR) is 118 cm³/mol. The van der Waals surface area contributed by atoms with E-state index in [0.29, 0.717) is 12.5 Å². The SMILES string of the molecule is CCNC(=NCC(=O)NC(C)(C)C)NCC(c1cccc(C)c1)N1CCOCC1. The molecule has 0 saturated carbocycles. The minimum atomic E-state index is -0.259. The molecule has 0 spiro atoms. The average molecular weight is 404 g/mol. The van der Waals surface area contributed by atoms with Crippen molar-refractivity contribution in [3.8, 4) is 0 Å². The van der Waals surface area contributed by atoms with Crippen molar-refractivity contribution < 1.29 is 9.53 Å². The van der Waals surface area contributed by atoms with Crippen molar-refractivity contribution in [2.24, 2.45) is 4.99 Å². The van der Waals surface area contributed by atoms with Gasteiger partial charge in [-0.25, -0.2) is 4.99 Å². The van der Waals surface area contributed by atoms with Crippen LogP contribution in [0.15, 0.2) is 29.3 Å². The Morgan fingerprint density at radius 1 is 1.24 bits per heavy atom. The van der Waals surface area contributed by atoms with Gasteiger partial charge in [0.2, 0.25) is 5.91 Å². The fourth-order valence-corrected chi connectivity index (χ4v) is 3.37. The van der Waals surface area contributed by atoms with E-state index in [-0.39, 0.29) is 24.0 Å². The molecule has 1 heterocycles. The highest BCUT2D eigenvalue weighted by atomic mass is 16.5. The maximum atomic E-state index is 12.1. The van der Waals surface area contributed by atoms with Gasteiger partial charge >= 0.3 is 0 Å². The summed E-state index contributed by atoms with van der Waals surface area (Å²) < 4.78 is 5.54. The number of aliphatic imine (C=N–C) groups is 1. The molecule has 3 N–H and O–H groups in total. The second-order valence-corrected chi connectivity index (χ2v) is 8.45. The first-order valence-corrected chi connectivity index (χ1v) is 10.5. The van der Waals surface area contributed by atoms with Crippen molar-refractivity contribution in [1.82, 2.24) is 20.9 Å². The van der Waals surface area contributed by atoms with Gasteiger partial charge in [-0.05, 0) is 40.2 Å². The van der Waals surface area contributed by atoms with Crippen LogP contribution in [-0.4, -0.2) is 68.2 Å². The largest absolute Gasteiger partial charge is 0.379 e. The van der Waals surface area contributed by atoms with Crippen molar-refractivity contribution in [1.29, 1.82) is 0 Å². The smallest absolute Gasteiger partial charge is 0.242 e. The van der Waals surface area contributed by atoms with Crippen LogP contribution in [0.25, 0.3) is 0 Å². The molecule has 1 aromatic carbocycles. The highest BCUT2D eigenvalue weighted by Gasteiger charge is 2.23. The molecule has 7 heteroatoms. The molecule has 1 unspecified atom stereocenters. The lowest BCUT2D eigenvalue weighted by Gasteiger charge is -2.35. The van der Waals surface area contributed by atoms with Gasteiger partial charge < -0.3 is 20.7 Å². The first-order valence-electron chi connectivity index (χ1n) is 10.5. The van der Waals surface area contributed by atoms with Gasteiger partial charge in [-0.1, -0.05) is 29.8 Å². The van der Waals surface area contributed by atoms with Gasteiger partial charge in [0, 0.05) is 31.7 Å². The standard InChI is InChI=1S/C22H37N5O2/c1-6-23-21(25-16-20(28)26-22(3,4)5)24-15-19(27-10-12-29-13-11-27)18-9-7-8-17(2)14-18/h7-9,14,19H,6,10-13,15-16H2,1-5H3,(H,26,28)(H2,23,24,25). The molecule has 7 nitrogen and oxygen atoms in total. The Labute approximate surface area is 175 Å². The lowest BCUT2D eigenvalue weighted by molar-refractivity contribution is -0.121. The van der Waals surface area contributed by atoms with E-state index in [4.69, 9.17) is 4.74 Å². The number of hydrogen-bond acceptors (Lipinski definition) is 4. The highest BCUT2D eigenvalue weighted by molar-refractivity contribution is 5.85. The van der Waals surface area contributed by atoms with E-state index in [0.717, 1.165) is 32.8 Å². The van der Waals surface area contributed by atoms with Crippen LogP contribution >= 0.6 is 0 Å². The summed E-state index contributed by atoms with van der Waals surface area (Å²) >= 11 is 0. The first-order chi connectivity index (χ1) is 13.8. The van der Waals surface area contributed by atoms with Crippen LogP contribution in [0.4, 0.5) is 0 Å². The number of rotatable bonds is 7. The summed E-state index contributed by atoms with van der Waals surface area (Å²) in [6, 6.07) is 8.85. The molecule has 1 aromatic rings. The lowest BCUT2D eigenvalue weighted by atomic mass is 10.0. The normalized spacial score (nSPS) is 16.9. The van der Waals surface area contributed by atoms with E-state index < -0.39 is 0 Å². The summed E-state index contributed by atoms with van der Waals surface area (Å²) in [6.45, 7) is 14.9. The first kappa shape index (κ1) is 23.2. The molecule has 162 valence electrons. The number of carbonyl (C=O) groups is 1. The Morgan fingerprint density at radius 2 is 1.97 bits per heavy atom. The van der Waals surface area contributed by atoms with Gasteiger partial charge in [0.05, 0.1) is 19.3 Å². The lowest BCUT2D eigenvalue weighted by Crippen LogP contribution is -2.47. The Kier molecular flexibility index (Phi) is 8.92. The van der Waals surface area contributed by atoms with E-state index >= 15 is 0 Å². The van der Waals surface area contributed by atoms with E-state index in [1.807, 2.05) is 27.7 Å². The topological polar surface area (TPSA) is 78.0 Å². The van der Waals surface area contributed by atoms with Crippen molar-refractivity contribution in [2.45, 2.75) is 46.2 Å². The summed E-state index contributed by atoms with van der Waals surface area (Å²) in [4.78, 5) is 19.0. The van der Waals surface area contributed by atoms with Crippen LogP contribution in [0, 0.1) is 6.92 Å². The fourth-order valence-electron chi connectivity index (χ4n) is 3.37. The third-order valence-electron chi connectivity index (χ3n) is 4.62. The number of morpholine rings is 1. The Morgan fingerprint density at radius 3 is 2.59 bits per heavy atom. The quantitative estimate of drug-likeness (QED) is 0.478. The highest BCUT2D eigenvalue weighted by Crippen LogP contribution is 2.22. The monoisotopic (exact) mass is 403 g/mol. The zero-order valence-corrected chi connectivity index (χ0v) is 18.5. The van der Waals surface area contributed by atoms with Gasteiger partial charge in [0.25, 0.3) is 0 Å². The Balaban J connectivity index is 2.07. The molecule has 1 amide bonds. The van der Waals surface area contributed by atoms with Crippen molar-refractivity contribution in [2.75, 3.05) is 45.9 Å². The molecular formula is C22H37N5O2. The molecule has 1 saturated heterocycles. The number of amides is 1. The Bertz CT molecular complexity index is 678. The number of ether oxygens (including phenoxy) is 1. The third kappa shape index (κ3) is 8.41. The molecule has 29 heavy (non-hydrogen) atoms. The van der Waals surface area contributed by atoms with Gasteiger partial charge in [0.15, 0.2) is 5.96 Å². The molecule has 0 radical (unpaired) electrons. The summed E-state index contributed by atoms with van der Waals surface area (Å²) in [5.74, 6) is 0.570.